The summed E-state index contributed by atoms with van der Waals surface area (Å²) in [4.78, 5) is 62.0. The topological polar surface area (TPSA) is 158 Å². The van der Waals surface area contributed by atoms with Crippen molar-refractivity contribution in [1.82, 2.24) is 4.90 Å². The minimum atomic E-state index is -1.02. The number of nitrogens with one attached hydrogen (secondary N) is 1. The van der Waals surface area contributed by atoms with Gasteiger partial charge in [0.05, 0.1) is 6.61 Å². The minimum Gasteiger partial charge on any atom is -0.462 e. The van der Waals surface area contributed by atoms with Gasteiger partial charge in [-0.2, -0.15) is 0 Å². The van der Waals surface area contributed by atoms with Crippen molar-refractivity contribution >= 4 is 41.2 Å². The number of carbonyl (C=O) groups excluding carboxylic acids is 5. The van der Waals surface area contributed by atoms with Crippen molar-refractivity contribution in [3.8, 4) is 0 Å². The highest BCUT2D eigenvalue weighted by Crippen LogP contribution is 2.31. The van der Waals surface area contributed by atoms with Crippen LogP contribution in [0.2, 0.25) is 0 Å². The highest BCUT2D eigenvalue weighted by Gasteiger charge is 2.33. The van der Waals surface area contributed by atoms with E-state index in [1.165, 1.54) is 6.92 Å². The van der Waals surface area contributed by atoms with Crippen molar-refractivity contribution < 1.29 is 37.9 Å². The van der Waals surface area contributed by atoms with Gasteiger partial charge in [-0.1, -0.05) is 24.8 Å². The Bertz CT molecular complexity index is 1150. The molecule has 1 aliphatic rings. The van der Waals surface area contributed by atoms with Crippen LogP contribution in [0.25, 0.3) is 5.70 Å². The Balaban J connectivity index is 1.62. The number of hydrogen-bond donors (Lipinski definition) is 2. The van der Waals surface area contributed by atoms with E-state index in [1.54, 1.807) is 31.2 Å². The largest absolute Gasteiger partial charge is 0.462 e. The Labute approximate surface area is 188 Å². The number of aryl methyl sites for hydroxylation is 1. The van der Waals surface area contributed by atoms with Gasteiger partial charge in [0, 0.05) is 16.8 Å². The molecule has 3 N–H and O–H groups in total. The number of amides is 3. The predicted octanol–water partition coefficient (Wildman–Crippen LogP) is 1.47. The number of esters is 2. The van der Waals surface area contributed by atoms with E-state index in [0.717, 1.165) is 4.90 Å². The van der Waals surface area contributed by atoms with Crippen molar-refractivity contribution in [2.45, 2.75) is 13.8 Å². The molecule has 1 aliphatic heterocycles. The van der Waals surface area contributed by atoms with Crippen LogP contribution in [-0.2, 0) is 19.1 Å². The van der Waals surface area contributed by atoms with E-state index in [0.29, 0.717) is 16.8 Å². The number of rotatable bonds is 8. The Hall–Kier alpha value is -4.41. The molecule has 0 saturated heterocycles. The predicted molar refractivity (Wildman–Crippen MR) is 114 cm³/mol. The number of primary amides is 1. The van der Waals surface area contributed by atoms with Gasteiger partial charge in [0.1, 0.15) is 23.4 Å². The van der Waals surface area contributed by atoms with Gasteiger partial charge in [0.25, 0.3) is 17.7 Å². The summed E-state index contributed by atoms with van der Waals surface area (Å²) in [5, 5.41) is 2.24. The summed E-state index contributed by atoms with van der Waals surface area (Å²) in [7, 11) is 0. The standard InChI is InChI=1S/C22H21N3O8/c1-4-31-22(30)17-12(3)33-20(18(17)19(23)28)24-15(26)10-32-16(27)9-25-11(2)13-7-5-6-8-14(13)21(25)29/h5-8H,2,4,9-10H2,1,3H3,(H2,23,28)(H,24,26). The molecule has 1 aromatic carbocycles. The molecular formula is C22H21N3O8. The van der Waals surface area contributed by atoms with Crippen LogP contribution in [0.15, 0.2) is 35.3 Å². The summed E-state index contributed by atoms with van der Waals surface area (Å²) in [6.45, 7) is 5.66. The third kappa shape index (κ3) is 4.61. The summed E-state index contributed by atoms with van der Waals surface area (Å²) in [6, 6.07) is 6.77. The maximum atomic E-state index is 12.4. The fourth-order valence-corrected chi connectivity index (χ4v) is 3.30. The highest BCUT2D eigenvalue weighted by atomic mass is 16.5. The molecule has 0 aliphatic carbocycles. The van der Waals surface area contributed by atoms with Gasteiger partial charge in [-0.15, -0.1) is 0 Å². The number of nitrogens with zero attached hydrogens (tertiary/aromatic N) is 1. The van der Waals surface area contributed by atoms with Gasteiger partial charge < -0.3 is 19.6 Å². The number of anilines is 1. The molecule has 0 fully saturated rings. The maximum Gasteiger partial charge on any atom is 0.342 e. The quantitative estimate of drug-likeness (QED) is 0.566. The zero-order chi connectivity index (χ0) is 24.3. The third-order valence-corrected chi connectivity index (χ3v) is 4.75. The molecule has 172 valence electrons. The Morgan fingerprint density at radius 1 is 1.12 bits per heavy atom. The number of ether oxygens (including phenoxy) is 2. The number of benzene rings is 1. The summed E-state index contributed by atoms with van der Waals surface area (Å²) in [5.41, 5.74) is 6.13. The first-order chi connectivity index (χ1) is 15.6. The molecule has 3 rings (SSSR count). The number of hydrogen-bond acceptors (Lipinski definition) is 8. The van der Waals surface area contributed by atoms with Crippen LogP contribution >= 0.6 is 0 Å². The summed E-state index contributed by atoms with van der Waals surface area (Å²) < 4.78 is 15.1. The van der Waals surface area contributed by atoms with Crippen LogP contribution in [-0.4, -0.2) is 54.3 Å². The van der Waals surface area contributed by atoms with Crippen molar-refractivity contribution in [2.75, 3.05) is 25.1 Å². The second kappa shape index (κ2) is 9.39. The molecule has 33 heavy (non-hydrogen) atoms. The van der Waals surface area contributed by atoms with Crippen molar-refractivity contribution in [3.63, 3.8) is 0 Å². The molecule has 0 bridgehead atoms. The van der Waals surface area contributed by atoms with Crippen LogP contribution in [0.1, 0.15) is 49.3 Å². The maximum absolute atomic E-state index is 12.4. The lowest BCUT2D eigenvalue weighted by Gasteiger charge is -2.16. The SMILES string of the molecule is C=C1c2ccccc2C(=O)N1CC(=O)OCC(=O)Nc1oc(C)c(C(=O)OCC)c1C(N)=O. The third-order valence-electron chi connectivity index (χ3n) is 4.75. The van der Waals surface area contributed by atoms with Crippen molar-refractivity contribution in [2.24, 2.45) is 5.73 Å². The second-order valence-electron chi connectivity index (χ2n) is 6.91. The van der Waals surface area contributed by atoms with Gasteiger partial charge in [-0.3, -0.25) is 29.4 Å². The highest BCUT2D eigenvalue weighted by molar-refractivity contribution is 6.11. The van der Waals surface area contributed by atoms with Crippen LogP contribution < -0.4 is 11.1 Å². The van der Waals surface area contributed by atoms with E-state index in [2.05, 4.69) is 11.9 Å². The average Bonchev–Trinajstić information content (AvgIpc) is 3.22. The van der Waals surface area contributed by atoms with Crippen LogP contribution in [0.5, 0.6) is 0 Å². The number of carbonyl (C=O) groups is 5. The summed E-state index contributed by atoms with van der Waals surface area (Å²) in [6.07, 6.45) is 0. The molecule has 3 amide bonds. The number of nitrogens with two attached hydrogens (primary N) is 1. The fraction of sp³-hybridized carbons (Fsp3) is 0.227. The van der Waals surface area contributed by atoms with Gasteiger partial charge in [0.15, 0.2) is 6.61 Å². The molecule has 11 nitrogen and oxygen atoms in total. The first kappa shape index (κ1) is 23.3. The van der Waals surface area contributed by atoms with Crippen LogP contribution in [0, 0.1) is 6.92 Å². The van der Waals surface area contributed by atoms with E-state index in [1.807, 2.05) is 0 Å². The fourth-order valence-electron chi connectivity index (χ4n) is 3.30. The van der Waals surface area contributed by atoms with E-state index in [-0.39, 0.29) is 29.4 Å². The monoisotopic (exact) mass is 455 g/mol. The molecule has 1 aromatic heterocycles. The number of fused-ring (bicyclic) bond motifs is 1. The van der Waals surface area contributed by atoms with Crippen molar-refractivity contribution in [3.05, 3.63) is 58.9 Å². The van der Waals surface area contributed by atoms with E-state index in [9.17, 15) is 24.0 Å². The lowest BCUT2D eigenvalue weighted by Crippen LogP contribution is -2.32. The first-order valence-electron chi connectivity index (χ1n) is 9.81. The van der Waals surface area contributed by atoms with E-state index in [4.69, 9.17) is 19.6 Å². The van der Waals surface area contributed by atoms with Crippen LogP contribution in [0.4, 0.5) is 5.88 Å². The lowest BCUT2D eigenvalue weighted by atomic mass is 10.1. The summed E-state index contributed by atoms with van der Waals surface area (Å²) in [5.74, 6) is -4.33. The molecule has 0 atom stereocenters. The van der Waals surface area contributed by atoms with Gasteiger partial charge in [-0.05, 0) is 19.9 Å². The summed E-state index contributed by atoms with van der Waals surface area (Å²) >= 11 is 0. The first-order valence-corrected chi connectivity index (χ1v) is 9.81. The molecule has 0 saturated carbocycles. The zero-order valence-electron chi connectivity index (χ0n) is 17.9. The van der Waals surface area contributed by atoms with E-state index >= 15 is 0 Å². The van der Waals surface area contributed by atoms with Gasteiger partial charge >= 0.3 is 11.9 Å². The Kier molecular flexibility index (Phi) is 6.61. The number of furan rings is 1. The lowest BCUT2D eigenvalue weighted by molar-refractivity contribution is -0.147. The molecule has 0 radical (unpaired) electrons. The van der Waals surface area contributed by atoms with E-state index < -0.39 is 42.8 Å². The molecule has 0 spiro atoms. The molecule has 2 heterocycles. The average molecular weight is 455 g/mol. The smallest absolute Gasteiger partial charge is 0.342 e. The molecule has 11 heteroatoms. The van der Waals surface area contributed by atoms with Crippen molar-refractivity contribution in [1.29, 1.82) is 0 Å². The van der Waals surface area contributed by atoms with Gasteiger partial charge in [0.2, 0.25) is 5.88 Å². The Morgan fingerprint density at radius 3 is 2.39 bits per heavy atom. The second-order valence-corrected chi connectivity index (χ2v) is 6.91. The Morgan fingerprint density at radius 2 is 1.79 bits per heavy atom. The van der Waals surface area contributed by atoms with Gasteiger partial charge in [-0.25, -0.2) is 4.79 Å². The molecule has 2 aromatic rings. The molecular weight excluding hydrogens is 434 g/mol. The minimum absolute atomic E-state index is 0.0140. The molecule has 0 unspecified atom stereocenters. The zero-order valence-corrected chi connectivity index (χ0v) is 17.9. The normalized spacial score (nSPS) is 12.4. The van der Waals surface area contributed by atoms with Crippen LogP contribution in [0.3, 0.4) is 0 Å².